The molecule has 0 spiro atoms. The number of amides is 1. The molecule has 0 aliphatic heterocycles. The fourth-order valence-corrected chi connectivity index (χ4v) is 1.06. The smallest absolute Gasteiger partial charge is 0.408 e. The molecule has 0 saturated heterocycles. The Balaban J connectivity index is 4.54. The number of aliphatic hydroxyl groups excluding tert-OH is 1. The van der Waals surface area contributed by atoms with Gasteiger partial charge in [0, 0.05) is 0 Å². The topological polar surface area (TPSA) is 122 Å². The summed E-state index contributed by atoms with van der Waals surface area (Å²) < 4.78 is 9.47. The molecule has 0 radical (unpaired) electrons. The van der Waals surface area contributed by atoms with Crippen LogP contribution in [0.4, 0.5) is 4.79 Å². The lowest BCUT2D eigenvalue weighted by Gasteiger charge is -2.22. The normalized spacial score (nSPS) is 12.4. The molecule has 0 aliphatic rings. The minimum atomic E-state index is -1.36. The molecule has 0 unspecified atom stereocenters. The molecule has 110 valence electrons. The minimum Gasteiger partial charge on any atom is -0.481 e. The largest absolute Gasteiger partial charge is 0.481 e. The number of carbonyl (C=O) groups excluding carboxylic acids is 2. The Labute approximate surface area is 110 Å². The van der Waals surface area contributed by atoms with Crippen LogP contribution < -0.4 is 5.32 Å². The van der Waals surface area contributed by atoms with Crippen LogP contribution in [0.5, 0.6) is 0 Å². The summed E-state index contributed by atoms with van der Waals surface area (Å²) in [7, 11) is 0. The lowest BCUT2D eigenvalue weighted by atomic mass is 10.2. The number of alkyl carbamates (subject to hydrolysis) is 1. The summed E-state index contributed by atoms with van der Waals surface area (Å²) in [5, 5.41) is 19.3. The van der Waals surface area contributed by atoms with Crippen LogP contribution in [0.15, 0.2) is 0 Å². The Morgan fingerprint density at radius 1 is 1.26 bits per heavy atom. The first-order chi connectivity index (χ1) is 8.65. The highest BCUT2D eigenvalue weighted by Gasteiger charge is 2.27. The van der Waals surface area contributed by atoms with Gasteiger partial charge in [-0.15, -0.1) is 0 Å². The van der Waals surface area contributed by atoms with E-state index in [2.05, 4.69) is 10.1 Å². The summed E-state index contributed by atoms with van der Waals surface area (Å²) in [6, 6.07) is -1.36. The number of carbonyl (C=O) groups is 3. The van der Waals surface area contributed by atoms with Crippen LogP contribution in [0.1, 0.15) is 27.2 Å². The number of ether oxygens (including phenoxy) is 2. The fraction of sp³-hybridized carbons (Fsp3) is 0.727. The molecule has 0 fully saturated rings. The molecular weight excluding hydrogens is 258 g/mol. The van der Waals surface area contributed by atoms with Crippen LogP contribution in [0, 0.1) is 0 Å². The van der Waals surface area contributed by atoms with E-state index < -0.39 is 42.7 Å². The molecule has 1 atom stereocenters. The Morgan fingerprint density at radius 3 is 2.26 bits per heavy atom. The first kappa shape index (κ1) is 17.2. The fourth-order valence-electron chi connectivity index (χ4n) is 1.06. The van der Waals surface area contributed by atoms with Crippen LogP contribution in [0.2, 0.25) is 0 Å². The summed E-state index contributed by atoms with van der Waals surface area (Å²) >= 11 is 0. The molecule has 19 heavy (non-hydrogen) atoms. The van der Waals surface area contributed by atoms with Gasteiger partial charge in [-0.2, -0.15) is 0 Å². The van der Waals surface area contributed by atoms with Gasteiger partial charge in [0.1, 0.15) is 18.2 Å². The van der Waals surface area contributed by atoms with Crippen molar-refractivity contribution in [1.82, 2.24) is 5.32 Å². The van der Waals surface area contributed by atoms with Gasteiger partial charge >= 0.3 is 18.0 Å². The van der Waals surface area contributed by atoms with Gasteiger partial charge in [0.15, 0.2) is 0 Å². The van der Waals surface area contributed by atoms with Crippen molar-refractivity contribution in [2.24, 2.45) is 0 Å². The standard InChI is InChI=1S/C11H19NO7/c1-11(2,3)19-10(17)12-7(6-8(14)15)9(16)18-5-4-13/h7,13H,4-6H2,1-3H3,(H,12,17)(H,14,15)/t7-/m0/s1. The Morgan fingerprint density at radius 2 is 1.84 bits per heavy atom. The molecule has 0 rings (SSSR count). The van der Waals surface area contributed by atoms with E-state index in [1.807, 2.05) is 0 Å². The lowest BCUT2D eigenvalue weighted by Crippen LogP contribution is -2.45. The van der Waals surface area contributed by atoms with Gasteiger partial charge in [0.05, 0.1) is 13.0 Å². The number of carboxylic acids is 1. The van der Waals surface area contributed by atoms with Crippen molar-refractivity contribution < 1.29 is 34.1 Å². The maximum absolute atomic E-state index is 11.5. The number of nitrogens with one attached hydrogen (secondary N) is 1. The predicted molar refractivity (Wildman–Crippen MR) is 63.5 cm³/mol. The van der Waals surface area contributed by atoms with Crippen LogP contribution in [-0.2, 0) is 19.1 Å². The molecule has 0 aromatic carbocycles. The second-order valence-corrected chi connectivity index (χ2v) is 4.69. The third kappa shape index (κ3) is 8.83. The zero-order valence-electron chi connectivity index (χ0n) is 11.1. The lowest BCUT2D eigenvalue weighted by molar-refractivity contribution is -0.151. The van der Waals surface area contributed by atoms with Gasteiger partial charge in [-0.3, -0.25) is 4.79 Å². The highest BCUT2D eigenvalue weighted by Crippen LogP contribution is 2.07. The van der Waals surface area contributed by atoms with E-state index in [1.54, 1.807) is 20.8 Å². The third-order valence-corrected chi connectivity index (χ3v) is 1.69. The molecule has 0 aliphatic carbocycles. The summed E-state index contributed by atoms with van der Waals surface area (Å²) in [6.07, 6.45) is -1.55. The molecule has 0 aromatic heterocycles. The van der Waals surface area contributed by atoms with Gasteiger partial charge in [-0.05, 0) is 20.8 Å². The van der Waals surface area contributed by atoms with Crippen molar-refractivity contribution in [3.05, 3.63) is 0 Å². The Bertz CT molecular complexity index is 334. The van der Waals surface area contributed by atoms with E-state index in [4.69, 9.17) is 14.9 Å². The average Bonchev–Trinajstić information content (AvgIpc) is 2.21. The van der Waals surface area contributed by atoms with Crippen LogP contribution >= 0.6 is 0 Å². The van der Waals surface area contributed by atoms with E-state index in [9.17, 15) is 14.4 Å². The van der Waals surface area contributed by atoms with E-state index in [1.165, 1.54) is 0 Å². The SMILES string of the molecule is CC(C)(C)OC(=O)N[C@@H](CC(=O)O)C(=O)OCCO. The Hall–Kier alpha value is -1.83. The van der Waals surface area contributed by atoms with Crippen molar-refractivity contribution in [3.63, 3.8) is 0 Å². The number of aliphatic carboxylic acids is 1. The molecule has 0 aromatic rings. The third-order valence-electron chi connectivity index (χ3n) is 1.69. The molecule has 0 bridgehead atoms. The Kier molecular flexibility index (Phi) is 6.84. The van der Waals surface area contributed by atoms with E-state index in [-0.39, 0.29) is 6.61 Å². The summed E-state index contributed by atoms with van der Waals surface area (Å²) in [6.45, 7) is 4.22. The van der Waals surface area contributed by atoms with Crippen LogP contribution in [0.3, 0.4) is 0 Å². The molecular formula is C11H19NO7. The number of hydrogen-bond acceptors (Lipinski definition) is 6. The van der Waals surface area contributed by atoms with E-state index >= 15 is 0 Å². The van der Waals surface area contributed by atoms with Crippen molar-refractivity contribution >= 4 is 18.0 Å². The zero-order chi connectivity index (χ0) is 15.1. The first-order valence-electron chi connectivity index (χ1n) is 5.64. The number of rotatable bonds is 6. The highest BCUT2D eigenvalue weighted by molar-refractivity contribution is 5.85. The van der Waals surface area contributed by atoms with Gasteiger partial charge in [-0.25, -0.2) is 9.59 Å². The summed E-state index contributed by atoms with van der Waals surface area (Å²) in [5.41, 5.74) is -0.771. The summed E-state index contributed by atoms with van der Waals surface area (Å²) in [4.78, 5) is 33.5. The number of hydrogen-bond donors (Lipinski definition) is 3. The van der Waals surface area contributed by atoms with Crippen molar-refractivity contribution in [2.45, 2.75) is 38.8 Å². The van der Waals surface area contributed by atoms with E-state index in [0.717, 1.165) is 0 Å². The van der Waals surface area contributed by atoms with Gasteiger partial charge < -0.3 is 25.0 Å². The van der Waals surface area contributed by atoms with Crippen LogP contribution in [0.25, 0.3) is 0 Å². The highest BCUT2D eigenvalue weighted by atomic mass is 16.6. The second-order valence-electron chi connectivity index (χ2n) is 4.69. The monoisotopic (exact) mass is 277 g/mol. The quantitative estimate of drug-likeness (QED) is 0.579. The maximum Gasteiger partial charge on any atom is 0.408 e. The van der Waals surface area contributed by atoms with Gasteiger partial charge in [0.2, 0.25) is 0 Å². The molecule has 8 nitrogen and oxygen atoms in total. The molecule has 0 heterocycles. The molecule has 3 N–H and O–H groups in total. The zero-order valence-corrected chi connectivity index (χ0v) is 11.1. The van der Waals surface area contributed by atoms with Crippen molar-refractivity contribution in [1.29, 1.82) is 0 Å². The molecule has 1 amide bonds. The number of esters is 1. The minimum absolute atomic E-state index is 0.273. The van der Waals surface area contributed by atoms with E-state index in [0.29, 0.717) is 0 Å². The molecule has 0 saturated carbocycles. The maximum atomic E-state index is 11.5. The second kappa shape index (κ2) is 7.57. The predicted octanol–water partition coefficient (Wildman–Crippen LogP) is -0.110. The molecule has 8 heteroatoms. The van der Waals surface area contributed by atoms with Crippen molar-refractivity contribution in [3.8, 4) is 0 Å². The number of carboxylic acid groups (broad SMARTS) is 1. The first-order valence-corrected chi connectivity index (χ1v) is 5.64. The van der Waals surface area contributed by atoms with Gasteiger partial charge in [0.25, 0.3) is 0 Å². The number of aliphatic hydroxyl groups is 1. The summed E-state index contributed by atoms with van der Waals surface area (Å²) in [5.74, 6) is -2.22. The van der Waals surface area contributed by atoms with Gasteiger partial charge in [-0.1, -0.05) is 0 Å². The van der Waals surface area contributed by atoms with Crippen molar-refractivity contribution in [2.75, 3.05) is 13.2 Å². The average molecular weight is 277 g/mol. The van der Waals surface area contributed by atoms with Crippen LogP contribution in [-0.4, -0.2) is 53.1 Å².